The fourth-order valence-corrected chi connectivity index (χ4v) is 1.43. The van der Waals surface area contributed by atoms with Crippen LogP contribution in [0.2, 0.25) is 0 Å². The van der Waals surface area contributed by atoms with Crippen LogP contribution in [0.5, 0.6) is 5.75 Å². The third-order valence-corrected chi connectivity index (χ3v) is 2.27. The first-order chi connectivity index (χ1) is 8.10. The Morgan fingerprint density at radius 1 is 1.53 bits per heavy atom. The fourth-order valence-electron chi connectivity index (χ4n) is 1.43. The van der Waals surface area contributed by atoms with Crippen LogP contribution < -0.4 is 15.9 Å². The van der Waals surface area contributed by atoms with Crippen molar-refractivity contribution in [2.24, 2.45) is 5.73 Å². The van der Waals surface area contributed by atoms with Gasteiger partial charge in [-0.25, -0.2) is 5.26 Å². The van der Waals surface area contributed by atoms with Crippen molar-refractivity contribution in [2.45, 2.75) is 20.3 Å². The second kappa shape index (κ2) is 6.07. The number of hydrogen-bond donors (Lipinski definition) is 3. The lowest BCUT2D eigenvalue weighted by molar-refractivity contribution is -0.439. The number of aryl methyl sites for hydroxylation is 1. The van der Waals surface area contributed by atoms with Crippen LogP contribution in [0.25, 0.3) is 0 Å². The van der Waals surface area contributed by atoms with Crippen molar-refractivity contribution in [1.82, 2.24) is 0 Å². The molecule has 0 bridgehead atoms. The minimum Gasteiger partial charge on any atom is -0.384 e. The van der Waals surface area contributed by atoms with Crippen molar-refractivity contribution in [3.8, 4) is 5.75 Å². The van der Waals surface area contributed by atoms with Crippen molar-refractivity contribution in [2.75, 3.05) is 11.9 Å². The molecule has 0 aromatic heterocycles. The maximum atomic E-state index is 11.3. The monoisotopic (exact) mass is 240 g/mol. The normalized spacial score (nSPS) is 10.1. The van der Waals surface area contributed by atoms with Gasteiger partial charge in [0.15, 0.2) is 5.75 Å². The van der Waals surface area contributed by atoms with Gasteiger partial charge in [-0.1, -0.05) is 6.92 Å². The molecule has 0 saturated heterocycles. The van der Waals surface area contributed by atoms with Gasteiger partial charge in [0.25, 0.3) is 5.91 Å². The third-order valence-electron chi connectivity index (χ3n) is 2.27. The van der Waals surface area contributed by atoms with Gasteiger partial charge in [0, 0.05) is 12.6 Å². The highest BCUT2D eigenvalue weighted by atomic mass is 17.5. The number of hydrogen-bond acceptors (Lipinski definition) is 5. The lowest BCUT2D eigenvalue weighted by atomic mass is 10.1. The summed E-state index contributed by atoms with van der Waals surface area (Å²) in [6.45, 7) is 4.41. The van der Waals surface area contributed by atoms with E-state index in [1.165, 1.54) is 0 Å². The molecular weight excluding hydrogens is 224 g/mol. The van der Waals surface area contributed by atoms with Crippen molar-refractivity contribution in [3.05, 3.63) is 23.3 Å². The van der Waals surface area contributed by atoms with Gasteiger partial charge in [-0.3, -0.25) is 4.79 Å². The van der Waals surface area contributed by atoms with E-state index in [2.05, 4.69) is 15.2 Å². The summed E-state index contributed by atoms with van der Waals surface area (Å²) in [5.74, 6) is -0.209. The highest BCUT2D eigenvalue weighted by molar-refractivity contribution is 5.99. The smallest absolute Gasteiger partial charge is 0.250 e. The van der Waals surface area contributed by atoms with Crippen LogP contribution in [0.15, 0.2) is 12.1 Å². The van der Waals surface area contributed by atoms with Gasteiger partial charge in [0.2, 0.25) is 0 Å². The number of nitrogens with one attached hydrogen (secondary N) is 1. The maximum Gasteiger partial charge on any atom is 0.250 e. The van der Waals surface area contributed by atoms with Gasteiger partial charge < -0.3 is 15.9 Å². The van der Waals surface area contributed by atoms with Crippen LogP contribution in [-0.2, 0) is 5.04 Å². The number of carbonyl (C=O) groups excluding carboxylic acids is 1. The van der Waals surface area contributed by atoms with Crippen molar-refractivity contribution < 1.29 is 20.0 Å². The minimum absolute atomic E-state index is 0.316. The molecule has 1 aromatic rings. The molecule has 0 radical (unpaired) electrons. The number of amides is 1. The first-order valence-electron chi connectivity index (χ1n) is 5.26. The Bertz CT molecular complexity index is 407. The third kappa shape index (κ3) is 3.33. The highest BCUT2D eigenvalue weighted by Crippen LogP contribution is 2.27. The molecule has 6 nitrogen and oxygen atoms in total. The van der Waals surface area contributed by atoms with Gasteiger partial charge in [-0.05, 0) is 30.0 Å². The second-order valence-corrected chi connectivity index (χ2v) is 3.61. The standard InChI is InChI=1S/C11H16N2O4/c1-3-4-13-9-6-10(16-17-15)7(2)5-8(9)11(12)14/h5-6,13,15H,3-4H2,1-2H3,(H2,12,14). The molecule has 6 heteroatoms. The van der Waals surface area contributed by atoms with Gasteiger partial charge in [-0.2, -0.15) is 0 Å². The zero-order chi connectivity index (χ0) is 12.8. The van der Waals surface area contributed by atoms with Crippen molar-refractivity contribution in [3.63, 3.8) is 0 Å². The van der Waals surface area contributed by atoms with E-state index < -0.39 is 5.91 Å². The predicted molar refractivity (Wildman–Crippen MR) is 62.8 cm³/mol. The average molecular weight is 240 g/mol. The van der Waals surface area contributed by atoms with E-state index in [-0.39, 0.29) is 0 Å². The van der Waals surface area contributed by atoms with E-state index in [9.17, 15) is 4.79 Å². The summed E-state index contributed by atoms with van der Waals surface area (Å²) >= 11 is 0. The first kappa shape index (κ1) is 13.3. The molecule has 0 aliphatic rings. The van der Waals surface area contributed by atoms with Crippen molar-refractivity contribution in [1.29, 1.82) is 0 Å². The Hall–Kier alpha value is -1.79. The molecule has 1 aromatic carbocycles. The number of primary amides is 1. The Morgan fingerprint density at radius 2 is 2.24 bits per heavy atom. The van der Waals surface area contributed by atoms with E-state index in [1.807, 2.05) is 6.92 Å². The average Bonchev–Trinajstić information content (AvgIpc) is 2.29. The summed E-state index contributed by atoms with van der Waals surface area (Å²) in [5.41, 5.74) is 6.84. The minimum atomic E-state index is -0.525. The molecule has 0 aliphatic carbocycles. The zero-order valence-electron chi connectivity index (χ0n) is 9.82. The summed E-state index contributed by atoms with van der Waals surface area (Å²) in [7, 11) is 0. The largest absolute Gasteiger partial charge is 0.384 e. The summed E-state index contributed by atoms with van der Waals surface area (Å²) in [6, 6.07) is 3.13. The molecule has 0 fully saturated rings. The molecule has 1 rings (SSSR count). The number of benzene rings is 1. The van der Waals surface area contributed by atoms with Gasteiger partial charge >= 0.3 is 0 Å². The molecule has 1 amide bonds. The summed E-state index contributed by atoms with van der Waals surface area (Å²) < 4.78 is 0. The molecule has 0 unspecified atom stereocenters. The van der Waals surface area contributed by atoms with Gasteiger partial charge in [-0.15, -0.1) is 0 Å². The molecule has 0 spiro atoms. The van der Waals surface area contributed by atoms with Crippen LogP contribution in [0, 0.1) is 6.92 Å². The van der Waals surface area contributed by atoms with E-state index in [0.717, 1.165) is 6.42 Å². The molecule has 0 heterocycles. The SMILES string of the molecule is CCCNc1cc(OOO)c(C)cc1C(N)=O. The lowest BCUT2D eigenvalue weighted by Gasteiger charge is -2.12. The van der Waals surface area contributed by atoms with Crippen LogP contribution in [0.1, 0.15) is 29.3 Å². The summed E-state index contributed by atoms with van der Waals surface area (Å²) in [5, 5.41) is 14.9. The van der Waals surface area contributed by atoms with Crippen LogP contribution in [-0.4, -0.2) is 17.7 Å². The summed E-state index contributed by atoms with van der Waals surface area (Å²) in [4.78, 5) is 15.8. The number of carbonyl (C=O) groups is 1. The fraction of sp³-hybridized carbons (Fsp3) is 0.364. The second-order valence-electron chi connectivity index (χ2n) is 3.61. The molecule has 4 N–H and O–H groups in total. The van der Waals surface area contributed by atoms with E-state index in [0.29, 0.717) is 29.1 Å². The van der Waals surface area contributed by atoms with Crippen molar-refractivity contribution >= 4 is 11.6 Å². The first-order valence-corrected chi connectivity index (χ1v) is 5.26. The van der Waals surface area contributed by atoms with E-state index in [1.54, 1.807) is 19.1 Å². The van der Waals surface area contributed by atoms with E-state index >= 15 is 0 Å². The predicted octanol–water partition coefficient (Wildman–Crippen LogP) is 1.70. The molecule has 0 saturated carbocycles. The molecule has 0 aliphatic heterocycles. The Balaban J connectivity index is 3.11. The van der Waals surface area contributed by atoms with E-state index in [4.69, 9.17) is 11.0 Å². The molecule has 0 atom stereocenters. The Kier molecular flexibility index (Phi) is 4.74. The number of nitrogens with two attached hydrogens (primary N) is 1. The number of rotatable bonds is 6. The van der Waals surface area contributed by atoms with Gasteiger partial charge in [0.05, 0.1) is 11.3 Å². The molecular formula is C11H16N2O4. The molecule has 94 valence electrons. The lowest BCUT2D eigenvalue weighted by Crippen LogP contribution is -2.15. The Labute approximate surface area is 99.2 Å². The van der Waals surface area contributed by atoms with Crippen LogP contribution >= 0.6 is 0 Å². The zero-order valence-corrected chi connectivity index (χ0v) is 9.82. The summed E-state index contributed by atoms with van der Waals surface area (Å²) in [6.07, 6.45) is 0.902. The van der Waals surface area contributed by atoms with Crippen LogP contribution in [0.4, 0.5) is 5.69 Å². The molecule has 17 heavy (non-hydrogen) atoms. The van der Waals surface area contributed by atoms with Gasteiger partial charge in [0.1, 0.15) is 0 Å². The maximum absolute atomic E-state index is 11.3. The van der Waals surface area contributed by atoms with Crippen LogP contribution in [0.3, 0.4) is 0 Å². The number of anilines is 1. The highest BCUT2D eigenvalue weighted by Gasteiger charge is 2.13. The Morgan fingerprint density at radius 3 is 2.76 bits per heavy atom. The topological polar surface area (TPSA) is 93.8 Å². The quantitative estimate of drug-likeness (QED) is 0.519.